The van der Waals surface area contributed by atoms with Crippen molar-refractivity contribution in [2.24, 2.45) is 16.7 Å². The van der Waals surface area contributed by atoms with Gasteiger partial charge in [0.1, 0.15) is 5.92 Å². The van der Waals surface area contributed by atoms with E-state index < -0.39 is 32.6 Å². The van der Waals surface area contributed by atoms with Crippen molar-refractivity contribution in [3.05, 3.63) is 0 Å². The van der Waals surface area contributed by atoms with Gasteiger partial charge in [0.2, 0.25) is 0 Å². The Labute approximate surface area is 118 Å². The SMILES string of the molecule is CC(C)(C)C(=O)C(C(=O)C(C)(C)C)C(Cl)(Cl)C=O. The number of alkyl halides is 2. The van der Waals surface area contributed by atoms with Crippen LogP contribution in [0.4, 0.5) is 0 Å². The molecule has 0 amide bonds. The molecule has 0 bridgehead atoms. The fraction of sp³-hybridized carbons (Fsp3) is 0.769. The molecule has 18 heavy (non-hydrogen) atoms. The number of halogens is 2. The highest BCUT2D eigenvalue weighted by atomic mass is 35.5. The predicted molar refractivity (Wildman–Crippen MR) is 72.9 cm³/mol. The van der Waals surface area contributed by atoms with Gasteiger partial charge in [0.05, 0.1) is 0 Å². The zero-order valence-corrected chi connectivity index (χ0v) is 13.1. The first-order chi connectivity index (χ1) is 7.75. The van der Waals surface area contributed by atoms with Gasteiger partial charge in [0.25, 0.3) is 0 Å². The third-order valence-corrected chi connectivity index (χ3v) is 3.16. The van der Waals surface area contributed by atoms with E-state index in [1.165, 1.54) is 0 Å². The van der Waals surface area contributed by atoms with E-state index in [-0.39, 0.29) is 6.29 Å². The Bertz CT molecular complexity index is 333. The normalized spacial score (nSPS) is 13.6. The summed E-state index contributed by atoms with van der Waals surface area (Å²) in [5.74, 6) is -2.21. The van der Waals surface area contributed by atoms with Crippen LogP contribution in [-0.2, 0) is 14.4 Å². The molecule has 0 spiro atoms. The van der Waals surface area contributed by atoms with Crippen LogP contribution in [0.2, 0.25) is 0 Å². The molecule has 0 fully saturated rings. The molecule has 0 saturated heterocycles. The molecule has 0 heterocycles. The second-order valence-corrected chi connectivity index (χ2v) is 7.90. The maximum Gasteiger partial charge on any atom is 0.189 e. The highest BCUT2D eigenvalue weighted by molar-refractivity contribution is 6.58. The number of carbonyl (C=O) groups is 3. The Morgan fingerprint density at radius 1 is 0.889 bits per heavy atom. The maximum absolute atomic E-state index is 12.3. The summed E-state index contributed by atoms with van der Waals surface area (Å²) in [6.07, 6.45) is 0.244. The van der Waals surface area contributed by atoms with Crippen LogP contribution in [0.15, 0.2) is 0 Å². The number of aldehydes is 1. The lowest BCUT2D eigenvalue weighted by Crippen LogP contribution is -2.48. The van der Waals surface area contributed by atoms with Crippen molar-refractivity contribution in [1.29, 1.82) is 0 Å². The Kier molecular flexibility index (Phi) is 5.18. The predicted octanol–water partition coefficient (Wildman–Crippen LogP) is 3.21. The van der Waals surface area contributed by atoms with Crippen LogP contribution in [0.1, 0.15) is 41.5 Å². The second kappa shape index (κ2) is 5.30. The van der Waals surface area contributed by atoms with Gasteiger partial charge in [0, 0.05) is 10.8 Å². The van der Waals surface area contributed by atoms with E-state index in [0.717, 1.165) is 0 Å². The lowest BCUT2D eigenvalue weighted by molar-refractivity contribution is -0.143. The molecule has 0 rings (SSSR count). The molecule has 0 aromatic rings. The number of Topliss-reactive ketones (excluding diaryl/α,β-unsaturated/α-hetero) is 2. The van der Waals surface area contributed by atoms with Crippen molar-refractivity contribution in [3.63, 3.8) is 0 Å². The van der Waals surface area contributed by atoms with Gasteiger partial charge >= 0.3 is 0 Å². The molecule has 0 aromatic carbocycles. The quantitative estimate of drug-likeness (QED) is 0.454. The van der Waals surface area contributed by atoms with E-state index in [0.29, 0.717) is 0 Å². The van der Waals surface area contributed by atoms with Gasteiger partial charge in [-0.15, -0.1) is 0 Å². The summed E-state index contributed by atoms with van der Waals surface area (Å²) in [7, 11) is 0. The average molecular weight is 295 g/mol. The summed E-state index contributed by atoms with van der Waals surface area (Å²) in [6.45, 7) is 9.96. The molecule has 0 saturated carbocycles. The zero-order valence-electron chi connectivity index (χ0n) is 11.6. The molecule has 0 atom stereocenters. The van der Waals surface area contributed by atoms with Crippen LogP contribution in [0.5, 0.6) is 0 Å². The van der Waals surface area contributed by atoms with Crippen molar-refractivity contribution < 1.29 is 14.4 Å². The third-order valence-electron chi connectivity index (χ3n) is 2.54. The van der Waals surface area contributed by atoms with Crippen LogP contribution in [0.3, 0.4) is 0 Å². The number of rotatable bonds is 4. The highest BCUT2D eigenvalue weighted by Gasteiger charge is 2.50. The van der Waals surface area contributed by atoms with Gasteiger partial charge in [-0.05, 0) is 0 Å². The van der Waals surface area contributed by atoms with Gasteiger partial charge in [-0.3, -0.25) is 14.4 Å². The first-order valence-corrected chi connectivity index (χ1v) is 6.43. The van der Waals surface area contributed by atoms with Crippen LogP contribution < -0.4 is 0 Å². The summed E-state index contributed by atoms with van der Waals surface area (Å²) in [6, 6.07) is 0. The number of ketones is 2. The van der Waals surface area contributed by atoms with Gasteiger partial charge in [-0.1, -0.05) is 64.7 Å². The summed E-state index contributed by atoms with van der Waals surface area (Å²) >= 11 is 11.7. The smallest absolute Gasteiger partial charge is 0.189 e. The van der Waals surface area contributed by atoms with Gasteiger partial charge in [-0.2, -0.15) is 0 Å². The average Bonchev–Trinajstić information content (AvgIpc) is 2.14. The topological polar surface area (TPSA) is 51.2 Å². The molecule has 3 nitrogen and oxygen atoms in total. The minimum absolute atomic E-state index is 0.244. The molecule has 0 aliphatic carbocycles. The van der Waals surface area contributed by atoms with Crippen LogP contribution >= 0.6 is 23.2 Å². The van der Waals surface area contributed by atoms with E-state index in [9.17, 15) is 14.4 Å². The van der Waals surface area contributed by atoms with Crippen LogP contribution in [-0.4, -0.2) is 22.2 Å². The molecule has 0 unspecified atom stereocenters. The highest BCUT2D eigenvalue weighted by Crippen LogP contribution is 2.38. The lowest BCUT2D eigenvalue weighted by atomic mass is 9.73. The molecule has 0 aliphatic heterocycles. The Morgan fingerprint density at radius 3 is 1.33 bits per heavy atom. The molecule has 0 aromatic heterocycles. The number of carbonyl (C=O) groups excluding carboxylic acids is 3. The summed E-state index contributed by atoms with van der Waals surface area (Å²) in [5, 5.41) is 0. The van der Waals surface area contributed by atoms with Crippen molar-refractivity contribution >= 4 is 41.1 Å². The standard InChI is InChI=1S/C13H20Cl2O3/c1-11(2,3)9(17)8(13(14,15)7-16)10(18)12(4,5)6/h7-8H,1-6H3. The molecular formula is C13H20Cl2O3. The fourth-order valence-corrected chi connectivity index (χ4v) is 1.80. The molecule has 5 heteroatoms. The van der Waals surface area contributed by atoms with E-state index in [1.54, 1.807) is 41.5 Å². The van der Waals surface area contributed by atoms with Gasteiger partial charge in [-0.25, -0.2) is 0 Å². The fourth-order valence-electron chi connectivity index (χ4n) is 1.40. The zero-order chi connectivity index (χ0) is 14.9. The van der Waals surface area contributed by atoms with Gasteiger partial charge in [0.15, 0.2) is 22.2 Å². The van der Waals surface area contributed by atoms with E-state index in [2.05, 4.69) is 0 Å². The summed E-state index contributed by atoms with van der Waals surface area (Å²) in [4.78, 5) is 35.6. The minimum atomic E-state index is -2.02. The minimum Gasteiger partial charge on any atom is -0.300 e. The van der Waals surface area contributed by atoms with Crippen LogP contribution in [0.25, 0.3) is 0 Å². The first kappa shape index (κ1) is 17.6. The van der Waals surface area contributed by atoms with Crippen molar-refractivity contribution in [3.8, 4) is 0 Å². The van der Waals surface area contributed by atoms with Gasteiger partial charge < -0.3 is 0 Å². The van der Waals surface area contributed by atoms with Crippen LogP contribution in [0, 0.1) is 16.7 Å². The summed E-state index contributed by atoms with van der Waals surface area (Å²) < 4.78 is -2.02. The number of hydrogen-bond donors (Lipinski definition) is 0. The van der Waals surface area contributed by atoms with Crippen molar-refractivity contribution in [2.45, 2.75) is 45.9 Å². The largest absolute Gasteiger partial charge is 0.300 e. The molecule has 0 aliphatic rings. The first-order valence-electron chi connectivity index (χ1n) is 5.68. The maximum atomic E-state index is 12.3. The molecular weight excluding hydrogens is 275 g/mol. The van der Waals surface area contributed by atoms with Crippen molar-refractivity contribution in [2.75, 3.05) is 0 Å². The monoisotopic (exact) mass is 294 g/mol. The Balaban J connectivity index is 5.70. The Hall–Kier alpha value is -0.410. The van der Waals surface area contributed by atoms with Crippen molar-refractivity contribution in [1.82, 2.24) is 0 Å². The van der Waals surface area contributed by atoms with E-state index >= 15 is 0 Å². The lowest BCUT2D eigenvalue weighted by Gasteiger charge is -2.32. The van der Waals surface area contributed by atoms with E-state index in [1.807, 2.05) is 0 Å². The molecule has 0 radical (unpaired) electrons. The Morgan fingerprint density at radius 2 is 1.17 bits per heavy atom. The summed E-state index contributed by atoms with van der Waals surface area (Å²) in [5.41, 5.74) is -1.60. The van der Waals surface area contributed by atoms with E-state index in [4.69, 9.17) is 23.2 Å². The third kappa shape index (κ3) is 4.06. The molecule has 104 valence electrons. The second-order valence-electron chi connectivity index (χ2n) is 6.45. The molecule has 0 N–H and O–H groups in total. The number of hydrogen-bond acceptors (Lipinski definition) is 3.